The number of hydrogen-bond acceptors (Lipinski definition) is 5. The third-order valence-corrected chi connectivity index (χ3v) is 7.43. The number of phenols is 1. The molecule has 0 saturated heterocycles. The van der Waals surface area contributed by atoms with E-state index in [1.165, 1.54) is 12.0 Å². The molecule has 0 unspecified atom stereocenters. The number of anilines is 1. The molecule has 4 rings (SSSR count). The highest BCUT2D eigenvalue weighted by Crippen LogP contribution is 2.45. The topological polar surface area (TPSA) is 70.9 Å². The summed E-state index contributed by atoms with van der Waals surface area (Å²) in [5, 5.41) is 13.8. The Hall–Kier alpha value is -3.12. The second kappa shape index (κ2) is 9.40. The van der Waals surface area contributed by atoms with Crippen molar-refractivity contribution in [2.45, 2.75) is 40.0 Å². The summed E-state index contributed by atoms with van der Waals surface area (Å²) >= 11 is 1.61. The molecule has 1 aliphatic carbocycles. The van der Waals surface area contributed by atoms with Crippen LogP contribution < -0.4 is 10.1 Å². The van der Waals surface area contributed by atoms with Crippen molar-refractivity contribution in [3.05, 3.63) is 70.1 Å². The number of hydrogen-bond donors (Lipinski definition) is 2. The third kappa shape index (κ3) is 5.11. The van der Waals surface area contributed by atoms with Crippen LogP contribution in [0, 0.1) is 11.3 Å². The van der Waals surface area contributed by atoms with Crippen LogP contribution in [-0.2, 0) is 12.8 Å². The number of carbonyl (C=O) groups excluding carboxylic acids is 1. The van der Waals surface area contributed by atoms with Crippen LogP contribution in [-0.4, -0.2) is 24.3 Å². The number of fused-ring (bicyclic) bond motifs is 1. The van der Waals surface area contributed by atoms with Gasteiger partial charge in [-0.05, 0) is 72.1 Å². The fourth-order valence-corrected chi connectivity index (χ4v) is 5.54. The number of carbonyl (C=O) groups is 1. The average Bonchev–Trinajstić information content (AvgIpc) is 3.15. The van der Waals surface area contributed by atoms with Crippen molar-refractivity contribution in [3.63, 3.8) is 0 Å². The van der Waals surface area contributed by atoms with E-state index in [1.807, 2.05) is 36.4 Å². The number of benzene rings is 2. The maximum atomic E-state index is 13.4. The van der Waals surface area contributed by atoms with Crippen LogP contribution in [0.3, 0.4) is 0 Å². The lowest BCUT2D eigenvalue weighted by molar-refractivity contribution is 0.102. The number of nitrogens with zero attached hydrogens (tertiary/aromatic N) is 1. The van der Waals surface area contributed by atoms with Crippen LogP contribution >= 0.6 is 11.3 Å². The fraction of sp³-hybridized carbons (Fsp3) is 0.333. The van der Waals surface area contributed by atoms with Gasteiger partial charge in [-0.2, -0.15) is 0 Å². The smallest absolute Gasteiger partial charge is 0.259 e. The summed E-state index contributed by atoms with van der Waals surface area (Å²) in [5.74, 6) is 0.915. The summed E-state index contributed by atoms with van der Waals surface area (Å²) in [7, 11) is 1.52. The monoisotopic (exact) mass is 462 g/mol. The highest BCUT2D eigenvalue weighted by Gasteiger charge is 2.33. The SMILES string of the molecule is COc1ccc(C=Nc2sc3c(c2C(=O)Nc2ccccc2)CC[C@@H](C(C)(C)C)C3)cc1O. The second-order valence-electron chi connectivity index (χ2n) is 9.50. The van der Waals surface area contributed by atoms with Gasteiger partial charge in [-0.15, -0.1) is 11.3 Å². The van der Waals surface area contributed by atoms with E-state index >= 15 is 0 Å². The van der Waals surface area contributed by atoms with Crippen LogP contribution in [0.5, 0.6) is 11.5 Å². The molecule has 0 spiro atoms. The zero-order valence-electron chi connectivity index (χ0n) is 19.5. The van der Waals surface area contributed by atoms with Crippen molar-refractivity contribution in [3.8, 4) is 11.5 Å². The fourth-order valence-electron chi connectivity index (χ4n) is 4.27. The molecule has 6 heteroatoms. The van der Waals surface area contributed by atoms with E-state index in [-0.39, 0.29) is 17.1 Å². The Morgan fingerprint density at radius 1 is 1.21 bits per heavy atom. The van der Waals surface area contributed by atoms with Gasteiger partial charge in [0.2, 0.25) is 0 Å². The maximum absolute atomic E-state index is 13.4. The zero-order chi connectivity index (χ0) is 23.6. The lowest BCUT2D eigenvalue weighted by atomic mass is 9.72. The van der Waals surface area contributed by atoms with Crippen molar-refractivity contribution in [2.24, 2.45) is 16.3 Å². The molecule has 0 saturated carbocycles. The van der Waals surface area contributed by atoms with Gasteiger partial charge < -0.3 is 15.2 Å². The van der Waals surface area contributed by atoms with Crippen molar-refractivity contribution >= 4 is 34.1 Å². The van der Waals surface area contributed by atoms with Gasteiger partial charge in [0.25, 0.3) is 5.91 Å². The minimum atomic E-state index is -0.127. The molecule has 0 aliphatic heterocycles. The number of amides is 1. The molecule has 3 aromatic rings. The first kappa shape index (κ1) is 23.1. The van der Waals surface area contributed by atoms with Gasteiger partial charge in [-0.25, -0.2) is 4.99 Å². The molecule has 1 aromatic heterocycles. The molecule has 2 aromatic carbocycles. The molecule has 1 aliphatic rings. The molecule has 1 amide bonds. The molecule has 1 atom stereocenters. The number of thiophene rings is 1. The Labute approximate surface area is 199 Å². The molecule has 33 heavy (non-hydrogen) atoms. The Bertz CT molecular complexity index is 1180. The predicted molar refractivity (Wildman–Crippen MR) is 136 cm³/mol. The van der Waals surface area contributed by atoms with Crippen molar-refractivity contribution in [1.82, 2.24) is 0 Å². The summed E-state index contributed by atoms with van der Waals surface area (Å²) < 4.78 is 5.12. The Morgan fingerprint density at radius 3 is 2.64 bits per heavy atom. The first-order valence-electron chi connectivity index (χ1n) is 11.2. The number of phenolic OH excluding ortho intramolecular Hbond substituents is 1. The Balaban J connectivity index is 1.70. The van der Waals surface area contributed by atoms with E-state index in [0.29, 0.717) is 22.2 Å². The van der Waals surface area contributed by atoms with Gasteiger partial charge in [-0.3, -0.25) is 4.79 Å². The highest BCUT2D eigenvalue weighted by molar-refractivity contribution is 7.16. The summed E-state index contributed by atoms with van der Waals surface area (Å²) in [5.41, 5.74) is 3.51. The predicted octanol–water partition coefficient (Wildman–Crippen LogP) is 6.62. The van der Waals surface area contributed by atoms with Crippen LogP contribution in [0.2, 0.25) is 0 Å². The summed E-state index contributed by atoms with van der Waals surface area (Å²) in [6.45, 7) is 6.86. The number of ether oxygens (including phenoxy) is 1. The van der Waals surface area contributed by atoms with Gasteiger partial charge in [-0.1, -0.05) is 39.0 Å². The lowest BCUT2D eigenvalue weighted by Crippen LogP contribution is -2.27. The maximum Gasteiger partial charge on any atom is 0.259 e. The standard InChI is InChI=1S/C27H30N2O3S/c1-27(2,3)18-11-12-20-23(15-18)33-26(24(20)25(31)29-19-8-6-5-7-9-19)28-16-17-10-13-22(32-4)21(30)14-17/h5-10,13-14,16,18,30H,11-12,15H2,1-4H3,(H,29,31)/t18-/m1/s1. The number of methoxy groups -OCH3 is 1. The molecule has 1 heterocycles. The van der Waals surface area contributed by atoms with Crippen molar-refractivity contribution < 1.29 is 14.6 Å². The number of aliphatic imine (C=N–C) groups is 1. The van der Waals surface area contributed by atoms with Crippen LogP contribution in [0.4, 0.5) is 10.7 Å². The molecule has 0 bridgehead atoms. The molecular formula is C27H30N2O3S. The number of para-hydroxylation sites is 1. The molecule has 0 radical (unpaired) electrons. The zero-order valence-corrected chi connectivity index (χ0v) is 20.3. The average molecular weight is 463 g/mol. The van der Waals surface area contributed by atoms with E-state index in [1.54, 1.807) is 29.7 Å². The quantitative estimate of drug-likeness (QED) is 0.419. The molecule has 2 N–H and O–H groups in total. The summed E-state index contributed by atoms with van der Waals surface area (Å²) in [6.07, 6.45) is 4.60. The van der Waals surface area contributed by atoms with E-state index in [2.05, 4.69) is 26.1 Å². The van der Waals surface area contributed by atoms with E-state index in [4.69, 9.17) is 9.73 Å². The highest BCUT2D eigenvalue weighted by atomic mass is 32.1. The van der Waals surface area contributed by atoms with Crippen molar-refractivity contribution in [2.75, 3.05) is 12.4 Å². The van der Waals surface area contributed by atoms with Gasteiger partial charge >= 0.3 is 0 Å². The van der Waals surface area contributed by atoms with E-state index < -0.39 is 0 Å². The van der Waals surface area contributed by atoms with Gasteiger partial charge in [0.1, 0.15) is 5.00 Å². The molecular weight excluding hydrogens is 432 g/mol. The number of aromatic hydroxyl groups is 1. The van der Waals surface area contributed by atoms with Crippen LogP contribution in [0.15, 0.2) is 53.5 Å². The molecule has 5 nitrogen and oxygen atoms in total. The van der Waals surface area contributed by atoms with Crippen LogP contribution in [0.1, 0.15) is 53.6 Å². The normalized spacial score (nSPS) is 15.9. The number of nitrogens with one attached hydrogen (secondary N) is 1. The first-order chi connectivity index (χ1) is 15.8. The summed E-state index contributed by atoms with van der Waals surface area (Å²) in [6, 6.07) is 14.6. The van der Waals surface area contributed by atoms with E-state index in [0.717, 1.165) is 36.1 Å². The van der Waals surface area contributed by atoms with Crippen molar-refractivity contribution in [1.29, 1.82) is 0 Å². The first-order valence-corrected chi connectivity index (χ1v) is 12.0. The Morgan fingerprint density at radius 2 is 1.97 bits per heavy atom. The Kier molecular flexibility index (Phi) is 6.56. The lowest BCUT2D eigenvalue weighted by Gasteiger charge is -2.33. The van der Waals surface area contributed by atoms with Gasteiger partial charge in [0, 0.05) is 16.8 Å². The summed E-state index contributed by atoms with van der Waals surface area (Å²) in [4.78, 5) is 19.3. The number of rotatable bonds is 5. The minimum Gasteiger partial charge on any atom is -0.504 e. The van der Waals surface area contributed by atoms with Gasteiger partial charge in [0.15, 0.2) is 11.5 Å². The molecule has 0 fully saturated rings. The van der Waals surface area contributed by atoms with Crippen LogP contribution in [0.25, 0.3) is 0 Å². The van der Waals surface area contributed by atoms with Gasteiger partial charge in [0.05, 0.1) is 12.7 Å². The minimum absolute atomic E-state index is 0.0574. The molecule has 172 valence electrons. The van der Waals surface area contributed by atoms with E-state index in [9.17, 15) is 9.90 Å². The third-order valence-electron chi connectivity index (χ3n) is 6.26. The largest absolute Gasteiger partial charge is 0.504 e. The second-order valence-corrected chi connectivity index (χ2v) is 10.6.